The molecule has 0 saturated carbocycles. The highest BCUT2D eigenvalue weighted by Crippen LogP contribution is 2.27. The summed E-state index contributed by atoms with van der Waals surface area (Å²) in [5, 5.41) is 9.42. The number of nitrogens with two attached hydrogens (primary N) is 2. The Morgan fingerprint density at radius 2 is 1.92 bits per heavy atom. The Morgan fingerprint density at radius 3 is 2.65 bits per heavy atom. The first kappa shape index (κ1) is 17.9. The Hall–Kier alpha value is -2.86. The molecular weight excluding hydrogens is 352 g/mol. The number of amides is 1. The van der Waals surface area contributed by atoms with Gasteiger partial charge >= 0.3 is 0 Å². The van der Waals surface area contributed by atoms with Gasteiger partial charge in [-0.1, -0.05) is 29.8 Å². The molecule has 0 unspecified atom stereocenters. The second-order valence-corrected chi connectivity index (χ2v) is 6.39. The van der Waals surface area contributed by atoms with Gasteiger partial charge in [-0.3, -0.25) is 4.79 Å². The number of rotatable bonds is 6. The van der Waals surface area contributed by atoms with E-state index in [0.29, 0.717) is 15.9 Å². The maximum Gasteiger partial charge on any atom is 0.271 e. The molecule has 0 aliphatic rings. The van der Waals surface area contributed by atoms with E-state index in [-0.39, 0.29) is 11.4 Å². The van der Waals surface area contributed by atoms with Crippen molar-refractivity contribution in [2.24, 2.45) is 5.73 Å². The minimum Gasteiger partial charge on any atom is -0.496 e. The van der Waals surface area contributed by atoms with Crippen molar-refractivity contribution >= 4 is 34.1 Å². The van der Waals surface area contributed by atoms with Crippen LogP contribution in [0.25, 0.3) is 10.9 Å². The average Bonchev–Trinajstić information content (AvgIpc) is 2.62. The molecule has 4 N–H and O–H groups in total. The van der Waals surface area contributed by atoms with Crippen molar-refractivity contribution in [1.29, 1.82) is 0 Å². The zero-order valence-electron chi connectivity index (χ0n) is 14.3. The van der Waals surface area contributed by atoms with Crippen molar-refractivity contribution in [3.63, 3.8) is 0 Å². The van der Waals surface area contributed by atoms with Crippen LogP contribution >= 0.6 is 11.6 Å². The molecule has 0 atom stereocenters. The third kappa shape index (κ3) is 3.55. The van der Waals surface area contributed by atoms with E-state index in [1.165, 1.54) is 0 Å². The number of nitrogens with zero attached hydrogens (tertiary/aromatic N) is 2. The molecule has 6 nitrogen and oxygen atoms in total. The average molecular weight is 371 g/mol. The Bertz CT molecular complexity index is 975. The lowest BCUT2D eigenvalue weighted by molar-refractivity contribution is 0.0996. The van der Waals surface area contributed by atoms with Gasteiger partial charge in [0.15, 0.2) is 5.69 Å². The summed E-state index contributed by atoms with van der Waals surface area (Å²) in [7, 11) is 1.64. The highest BCUT2D eigenvalue weighted by Gasteiger charge is 2.14. The number of carbonyl (C=O) groups is 1. The Balaban J connectivity index is 1.83. The van der Waals surface area contributed by atoms with Gasteiger partial charge in [-0.2, -0.15) is 0 Å². The Labute approximate surface area is 156 Å². The molecule has 2 aromatic carbocycles. The third-order valence-electron chi connectivity index (χ3n) is 4.28. The van der Waals surface area contributed by atoms with Crippen molar-refractivity contribution in [3.05, 3.63) is 58.2 Å². The largest absolute Gasteiger partial charge is 0.496 e. The number of aromatic nitrogens is 2. The van der Waals surface area contributed by atoms with E-state index in [1.54, 1.807) is 7.11 Å². The monoisotopic (exact) mass is 370 g/mol. The quantitative estimate of drug-likeness (QED) is 0.693. The summed E-state index contributed by atoms with van der Waals surface area (Å²) in [4.78, 5) is 11.4. The number of methoxy groups -OCH3 is 1. The number of hydrogen-bond donors (Lipinski definition) is 2. The van der Waals surface area contributed by atoms with Crippen LogP contribution in [0, 0.1) is 0 Å². The van der Waals surface area contributed by atoms with E-state index in [2.05, 4.69) is 10.2 Å². The van der Waals surface area contributed by atoms with Crippen LogP contribution in [0.15, 0.2) is 36.4 Å². The minimum atomic E-state index is -0.685. The molecule has 26 heavy (non-hydrogen) atoms. The number of hydrogen-bond acceptors (Lipinski definition) is 5. The number of benzene rings is 2. The van der Waals surface area contributed by atoms with Crippen LogP contribution in [0.5, 0.6) is 5.75 Å². The highest BCUT2D eigenvalue weighted by atomic mass is 35.5. The van der Waals surface area contributed by atoms with Crippen molar-refractivity contribution < 1.29 is 9.53 Å². The molecule has 1 heterocycles. The number of carbonyl (C=O) groups excluding carboxylic acids is 1. The summed E-state index contributed by atoms with van der Waals surface area (Å²) in [5.74, 6) is 0.137. The number of anilines is 1. The predicted molar refractivity (Wildman–Crippen MR) is 102 cm³/mol. The maximum absolute atomic E-state index is 11.4. The lowest BCUT2D eigenvalue weighted by Gasteiger charge is -2.10. The van der Waals surface area contributed by atoms with Crippen LogP contribution in [0.4, 0.5) is 5.69 Å². The molecule has 0 aliphatic carbocycles. The van der Waals surface area contributed by atoms with Crippen molar-refractivity contribution in [2.75, 3.05) is 12.8 Å². The number of fused-ring (bicyclic) bond motifs is 1. The van der Waals surface area contributed by atoms with Gasteiger partial charge in [0.2, 0.25) is 0 Å². The molecule has 1 amide bonds. The first-order valence-corrected chi connectivity index (χ1v) is 8.55. The number of ether oxygens (including phenoxy) is 1. The molecule has 3 aromatic rings. The van der Waals surface area contributed by atoms with Gasteiger partial charge in [-0.25, -0.2) is 0 Å². The van der Waals surface area contributed by atoms with Crippen molar-refractivity contribution in [3.8, 4) is 5.75 Å². The van der Waals surface area contributed by atoms with Crippen molar-refractivity contribution in [2.45, 2.75) is 19.3 Å². The fraction of sp³-hybridized carbons (Fsp3) is 0.211. The number of nitrogen functional groups attached to an aromatic ring is 1. The van der Waals surface area contributed by atoms with Gasteiger partial charge in [0.25, 0.3) is 5.91 Å². The molecule has 0 radical (unpaired) electrons. The van der Waals surface area contributed by atoms with Crippen LogP contribution in [0.2, 0.25) is 5.02 Å². The molecule has 0 fully saturated rings. The van der Waals surface area contributed by atoms with E-state index in [1.807, 2.05) is 36.4 Å². The van der Waals surface area contributed by atoms with Crippen molar-refractivity contribution in [1.82, 2.24) is 10.2 Å². The second-order valence-electron chi connectivity index (χ2n) is 5.95. The SMILES string of the molecule is COc1ccc(Cl)cc1CCCc1cccc2c(N)c(C(N)=O)nnc12. The smallest absolute Gasteiger partial charge is 0.271 e. The summed E-state index contributed by atoms with van der Waals surface area (Å²) in [6.45, 7) is 0. The zero-order valence-corrected chi connectivity index (χ0v) is 15.1. The van der Waals surface area contributed by atoms with E-state index in [9.17, 15) is 4.79 Å². The first-order valence-electron chi connectivity index (χ1n) is 8.17. The fourth-order valence-electron chi connectivity index (χ4n) is 3.00. The van der Waals surface area contributed by atoms with Gasteiger partial charge in [-0.15, -0.1) is 10.2 Å². The van der Waals surface area contributed by atoms with Gasteiger partial charge in [0, 0.05) is 10.4 Å². The number of halogens is 1. The van der Waals surface area contributed by atoms with E-state index >= 15 is 0 Å². The van der Waals surface area contributed by atoms with E-state index in [0.717, 1.165) is 36.1 Å². The molecule has 0 saturated heterocycles. The normalized spacial score (nSPS) is 10.8. The predicted octanol–water partition coefficient (Wildman–Crippen LogP) is 3.15. The van der Waals surface area contributed by atoms with E-state index < -0.39 is 5.91 Å². The summed E-state index contributed by atoms with van der Waals surface area (Å²) < 4.78 is 5.38. The summed E-state index contributed by atoms with van der Waals surface area (Å²) in [5.41, 5.74) is 14.3. The second kappa shape index (κ2) is 7.58. The van der Waals surface area contributed by atoms with Gasteiger partial charge < -0.3 is 16.2 Å². The Morgan fingerprint density at radius 1 is 1.15 bits per heavy atom. The minimum absolute atomic E-state index is 0.00156. The summed E-state index contributed by atoms with van der Waals surface area (Å²) in [6, 6.07) is 11.3. The highest BCUT2D eigenvalue weighted by molar-refractivity contribution is 6.30. The third-order valence-corrected chi connectivity index (χ3v) is 4.52. The van der Waals surface area contributed by atoms with Crippen LogP contribution < -0.4 is 16.2 Å². The lowest BCUT2D eigenvalue weighted by Crippen LogP contribution is -2.17. The number of primary amides is 1. The van der Waals surface area contributed by atoms with Gasteiger partial charge in [0.1, 0.15) is 5.75 Å². The van der Waals surface area contributed by atoms with Crippen LogP contribution in [0.1, 0.15) is 28.0 Å². The topological polar surface area (TPSA) is 104 Å². The molecule has 3 rings (SSSR count). The van der Waals surface area contributed by atoms with Gasteiger partial charge in [-0.05, 0) is 48.6 Å². The first-order chi connectivity index (χ1) is 12.5. The standard InChI is InChI=1S/C19H19ClN4O2/c1-26-15-9-8-13(20)10-12(15)6-2-4-11-5-3-7-14-16(21)18(19(22)25)24-23-17(11)14/h3,5,7-10H,2,4,6H2,1H3,(H2,21,23)(H2,22,25). The Kier molecular flexibility index (Phi) is 5.23. The molecule has 0 aliphatic heterocycles. The van der Waals surface area contributed by atoms with Gasteiger partial charge in [0.05, 0.1) is 18.3 Å². The summed E-state index contributed by atoms with van der Waals surface area (Å²) >= 11 is 6.08. The van der Waals surface area contributed by atoms with Crippen LogP contribution in [0.3, 0.4) is 0 Å². The maximum atomic E-state index is 11.4. The van der Waals surface area contributed by atoms with Crippen LogP contribution in [-0.2, 0) is 12.8 Å². The number of aryl methyl sites for hydroxylation is 2. The molecule has 0 spiro atoms. The lowest BCUT2D eigenvalue weighted by atomic mass is 10.0. The molecule has 1 aromatic heterocycles. The summed E-state index contributed by atoms with van der Waals surface area (Å²) in [6.07, 6.45) is 2.45. The molecule has 0 bridgehead atoms. The zero-order chi connectivity index (χ0) is 18.7. The van der Waals surface area contributed by atoms with E-state index in [4.69, 9.17) is 27.8 Å². The fourth-order valence-corrected chi connectivity index (χ4v) is 3.20. The van der Waals surface area contributed by atoms with Crippen LogP contribution in [-0.4, -0.2) is 23.2 Å². The molecule has 134 valence electrons. The molecule has 7 heteroatoms. The molecular formula is C19H19ClN4O2.